The normalized spacial score (nSPS) is 9.77. The van der Waals surface area contributed by atoms with Crippen molar-refractivity contribution in [3.05, 3.63) is 27.3 Å². The molecule has 0 aliphatic heterocycles. The molecule has 0 radical (unpaired) electrons. The largest absolute Gasteiger partial charge is 0.507 e. The lowest BCUT2D eigenvalue weighted by Gasteiger charge is -2.10. The molecule has 0 spiro atoms. The first-order chi connectivity index (χ1) is 6.00. The maximum Gasteiger partial charge on any atom is 0.124 e. The number of hydrogen-bond acceptors (Lipinski definition) is 2. The Bertz CT molecular complexity index is 375. The van der Waals surface area contributed by atoms with Crippen molar-refractivity contribution in [1.29, 1.82) is 5.26 Å². The molecule has 1 rings (SSSR count). The Hall–Kier alpha value is -1.20. The van der Waals surface area contributed by atoms with E-state index in [-0.39, 0.29) is 5.75 Å². The van der Waals surface area contributed by atoms with Gasteiger partial charge in [0.05, 0.1) is 16.7 Å². The highest BCUT2D eigenvalue weighted by molar-refractivity contribution is 6.32. The Morgan fingerprint density at radius 2 is 1.69 bits per heavy atom. The standard InChI is InChI=1S/C10H10ClNO/c1-5-8(4-12)6(2)10(13)7(3)9(5)11/h13H,1-3H3. The highest BCUT2D eigenvalue weighted by atomic mass is 35.5. The summed E-state index contributed by atoms with van der Waals surface area (Å²) < 4.78 is 0. The van der Waals surface area contributed by atoms with Gasteiger partial charge >= 0.3 is 0 Å². The number of phenolic OH excluding ortho intramolecular Hbond substituents is 1. The molecule has 0 heterocycles. The molecule has 1 aromatic carbocycles. The van der Waals surface area contributed by atoms with Gasteiger partial charge in [-0.05, 0) is 26.3 Å². The number of benzene rings is 1. The first-order valence-corrected chi connectivity index (χ1v) is 4.26. The van der Waals surface area contributed by atoms with Crippen molar-refractivity contribution >= 4 is 11.6 Å². The lowest BCUT2D eigenvalue weighted by molar-refractivity contribution is 0.466. The molecule has 0 atom stereocenters. The van der Waals surface area contributed by atoms with Crippen LogP contribution in [0.15, 0.2) is 0 Å². The fourth-order valence-electron chi connectivity index (χ4n) is 1.34. The molecule has 0 aliphatic rings. The third kappa shape index (κ3) is 1.36. The van der Waals surface area contributed by atoms with Crippen molar-refractivity contribution in [3.8, 4) is 11.8 Å². The maximum absolute atomic E-state index is 9.59. The van der Waals surface area contributed by atoms with Crippen LogP contribution in [0.4, 0.5) is 0 Å². The van der Waals surface area contributed by atoms with E-state index in [4.69, 9.17) is 16.9 Å². The number of rotatable bonds is 0. The minimum absolute atomic E-state index is 0.118. The van der Waals surface area contributed by atoms with E-state index in [1.807, 2.05) is 6.07 Å². The van der Waals surface area contributed by atoms with Gasteiger partial charge in [-0.2, -0.15) is 5.26 Å². The molecule has 1 N–H and O–H groups in total. The summed E-state index contributed by atoms with van der Waals surface area (Å²) in [7, 11) is 0. The summed E-state index contributed by atoms with van der Waals surface area (Å²) in [6.45, 7) is 5.23. The molecule has 1 aromatic rings. The minimum Gasteiger partial charge on any atom is -0.507 e. The summed E-state index contributed by atoms with van der Waals surface area (Å²) in [5.74, 6) is 0.118. The van der Waals surface area contributed by atoms with Gasteiger partial charge in [-0.15, -0.1) is 0 Å². The van der Waals surface area contributed by atoms with Crippen molar-refractivity contribution in [2.75, 3.05) is 0 Å². The first kappa shape index (κ1) is 9.88. The second-order valence-corrected chi connectivity index (χ2v) is 3.40. The van der Waals surface area contributed by atoms with Gasteiger partial charge < -0.3 is 5.11 Å². The summed E-state index contributed by atoms with van der Waals surface area (Å²) >= 11 is 5.93. The van der Waals surface area contributed by atoms with Crippen molar-refractivity contribution in [2.45, 2.75) is 20.8 Å². The first-order valence-electron chi connectivity index (χ1n) is 3.89. The van der Waals surface area contributed by atoms with E-state index in [2.05, 4.69) is 0 Å². The Morgan fingerprint density at radius 1 is 1.15 bits per heavy atom. The van der Waals surface area contributed by atoms with Crippen LogP contribution in [0.1, 0.15) is 22.3 Å². The highest BCUT2D eigenvalue weighted by Crippen LogP contribution is 2.34. The molecule has 0 amide bonds. The van der Waals surface area contributed by atoms with Crippen LogP contribution in [0.25, 0.3) is 0 Å². The van der Waals surface area contributed by atoms with Crippen LogP contribution in [-0.4, -0.2) is 5.11 Å². The number of phenols is 1. The van der Waals surface area contributed by atoms with E-state index in [1.165, 1.54) is 0 Å². The van der Waals surface area contributed by atoms with E-state index >= 15 is 0 Å². The average Bonchev–Trinajstić information content (AvgIpc) is 2.13. The molecule has 0 saturated heterocycles. The molecule has 0 bridgehead atoms. The van der Waals surface area contributed by atoms with Crippen LogP contribution >= 0.6 is 11.6 Å². The highest BCUT2D eigenvalue weighted by Gasteiger charge is 2.14. The van der Waals surface area contributed by atoms with Crippen LogP contribution in [0.2, 0.25) is 5.02 Å². The molecule has 13 heavy (non-hydrogen) atoms. The molecule has 0 aliphatic carbocycles. The maximum atomic E-state index is 9.59. The molecule has 2 nitrogen and oxygen atoms in total. The van der Waals surface area contributed by atoms with Crippen LogP contribution in [0.3, 0.4) is 0 Å². The molecule has 0 saturated carbocycles. The molecule has 3 heteroatoms. The van der Waals surface area contributed by atoms with Crippen molar-refractivity contribution in [1.82, 2.24) is 0 Å². The van der Waals surface area contributed by atoms with E-state index in [0.29, 0.717) is 21.7 Å². The zero-order chi connectivity index (χ0) is 10.2. The molecule has 0 unspecified atom stereocenters. The Kier molecular flexibility index (Phi) is 2.49. The lowest BCUT2D eigenvalue weighted by atomic mass is 9.99. The van der Waals surface area contributed by atoms with Crippen LogP contribution in [0.5, 0.6) is 5.75 Å². The summed E-state index contributed by atoms with van der Waals surface area (Å²) in [5.41, 5.74) is 2.43. The van der Waals surface area contributed by atoms with Gasteiger partial charge in [0, 0.05) is 11.1 Å². The van der Waals surface area contributed by atoms with Gasteiger partial charge in [0.2, 0.25) is 0 Å². The number of nitriles is 1. The number of halogens is 1. The third-order valence-corrected chi connectivity index (χ3v) is 2.80. The van der Waals surface area contributed by atoms with Gasteiger partial charge in [-0.1, -0.05) is 11.6 Å². The zero-order valence-electron chi connectivity index (χ0n) is 7.77. The number of nitrogens with zero attached hydrogens (tertiary/aromatic N) is 1. The predicted octanol–water partition coefficient (Wildman–Crippen LogP) is 2.84. The summed E-state index contributed by atoms with van der Waals surface area (Å²) in [5, 5.41) is 18.9. The minimum atomic E-state index is 0.118. The Balaban J connectivity index is 3.69. The summed E-state index contributed by atoms with van der Waals surface area (Å²) in [6.07, 6.45) is 0. The fraction of sp³-hybridized carbons (Fsp3) is 0.300. The second kappa shape index (κ2) is 3.27. The van der Waals surface area contributed by atoms with Gasteiger partial charge in [-0.25, -0.2) is 0 Å². The second-order valence-electron chi connectivity index (χ2n) is 3.02. The topological polar surface area (TPSA) is 44.0 Å². The SMILES string of the molecule is Cc1c(O)c(C)c(C#N)c(C)c1Cl. The Morgan fingerprint density at radius 3 is 2.15 bits per heavy atom. The van der Waals surface area contributed by atoms with Crippen LogP contribution in [-0.2, 0) is 0 Å². The average molecular weight is 196 g/mol. The van der Waals surface area contributed by atoms with Crippen LogP contribution in [0, 0.1) is 32.1 Å². The number of aromatic hydroxyl groups is 1. The molecule has 0 aromatic heterocycles. The summed E-state index contributed by atoms with van der Waals surface area (Å²) in [6, 6.07) is 2.03. The Labute approximate surface area is 82.4 Å². The van der Waals surface area contributed by atoms with Gasteiger partial charge in [0.15, 0.2) is 0 Å². The summed E-state index contributed by atoms with van der Waals surface area (Å²) in [4.78, 5) is 0. The monoisotopic (exact) mass is 195 g/mol. The van der Waals surface area contributed by atoms with Gasteiger partial charge in [0.25, 0.3) is 0 Å². The van der Waals surface area contributed by atoms with Crippen LogP contribution < -0.4 is 0 Å². The van der Waals surface area contributed by atoms with E-state index < -0.39 is 0 Å². The number of hydrogen-bond donors (Lipinski definition) is 1. The molecular weight excluding hydrogens is 186 g/mol. The quantitative estimate of drug-likeness (QED) is 0.692. The molecule has 0 fully saturated rings. The predicted molar refractivity (Wildman–Crippen MR) is 52.0 cm³/mol. The van der Waals surface area contributed by atoms with Crippen molar-refractivity contribution < 1.29 is 5.11 Å². The fourth-order valence-corrected chi connectivity index (χ4v) is 1.53. The van der Waals surface area contributed by atoms with Crippen molar-refractivity contribution in [2.24, 2.45) is 0 Å². The van der Waals surface area contributed by atoms with Gasteiger partial charge in [0.1, 0.15) is 5.75 Å². The molecule has 68 valence electrons. The van der Waals surface area contributed by atoms with E-state index in [9.17, 15) is 5.11 Å². The van der Waals surface area contributed by atoms with Crippen molar-refractivity contribution in [3.63, 3.8) is 0 Å². The smallest absolute Gasteiger partial charge is 0.124 e. The lowest BCUT2D eigenvalue weighted by Crippen LogP contribution is -1.93. The van der Waals surface area contributed by atoms with E-state index in [0.717, 1.165) is 5.56 Å². The van der Waals surface area contributed by atoms with E-state index in [1.54, 1.807) is 20.8 Å². The third-order valence-electron chi connectivity index (χ3n) is 2.23. The van der Waals surface area contributed by atoms with Gasteiger partial charge in [-0.3, -0.25) is 0 Å². The molecular formula is C10H10ClNO. The zero-order valence-corrected chi connectivity index (χ0v) is 8.53.